The molecule has 1 amide bonds. The molecule has 0 fully saturated rings. The summed E-state index contributed by atoms with van der Waals surface area (Å²) in [6.07, 6.45) is 0.0202. The van der Waals surface area contributed by atoms with Crippen LogP contribution in [0.2, 0.25) is 0 Å². The SMILES string of the molecule is Cc1cc(C)cc(OCCNC(=O)c2ccccc2OC(C)C)c1. The number of amides is 1. The van der Waals surface area contributed by atoms with Crippen molar-refractivity contribution in [3.63, 3.8) is 0 Å². The van der Waals surface area contributed by atoms with Crippen molar-refractivity contribution in [2.45, 2.75) is 33.8 Å². The molecular weight excluding hydrogens is 302 g/mol. The lowest BCUT2D eigenvalue weighted by Gasteiger charge is -2.14. The van der Waals surface area contributed by atoms with Crippen LogP contribution in [0.3, 0.4) is 0 Å². The molecule has 0 aliphatic carbocycles. The summed E-state index contributed by atoms with van der Waals surface area (Å²) in [5, 5.41) is 2.87. The number of aryl methyl sites for hydroxylation is 2. The highest BCUT2D eigenvalue weighted by atomic mass is 16.5. The van der Waals surface area contributed by atoms with Crippen molar-refractivity contribution in [2.24, 2.45) is 0 Å². The van der Waals surface area contributed by atoms with Crippen LogP contribution in [-0.4, -0.2) is 25.2 Å². The summed E-state index contributed by atoms with van der Waals surface area (Å²) in [7, 11) is 0. The smallest absolute Gasteiger partial charge is 0.255 e. The Balaban J connectivity index is 1.87. The second kappa shape index (κ2) is 8.39. The molecule has 24 heavy (non-hydrogen) atoms. The summed E-state index contributed by atoms with van der Waals surface area (Å²) in [5.41, 5.74) is 2.86. The van der Waals surface area contributed by atoms with Gasteiger partial charge in [0.1, 0.15) is 18.1 Å². The molecular formula is C20H25NO3. The van der Waals surface area contributed by atoms with Gasteiger partial charge in [-0.25, -0.2) is 0 Å². The molecule has 0 unspecified atom stereocenters. The maximum Gasteiger partial charge on any atom is 0.255 e. The molecule has 0 saturated heterocycles. The Hall–Kier alpha value is -2.49. The van der Waals surface area contributed by atoms with Gasteiger partial charge in [0, 0.05) is 0 Å². The fourth-order valence-corrected chi connectivity index (χ4v) is 2.46. The number of para-hydroxylation sites is 1. The van der Waals surface area contributed by atoms with Crippen LogP contribution >= 0.6 is 0 Å². The third-order valence-corrected chi connectivity index (χ3v) is 3.35. The molecule has 0 heterocycles. The van der Waals surface area contributed by atoms with Gasteiger partial charge in [-0.2, -0.15) is 0 Å². The fourth-order valence-electron chi connectivity index (χ4n) is 2.46. The average molecular weight is 327 g/mol. The molecule has 0 radical (unpaired) electrons. The molecule has 128 valence electrons. The lowest BCUT2D eigenvalue weighted by Crippen LogP contribution is -2.28. The maximum atomic E-state index is 12.3. The molecule has 4 heteroatoms. The number of hydrogen-bond donors (Lipinski definition) is 1. The second-order valence-corrected chi connectivity index (χ2v) is 6.09. The zero-order valence-corrected chi connectivity index (χ0v) is 14.8. The molecule has 2 aromatic carbocycles. The summed E-state index contributed by atoms with van der Waals surface area (Å²) >= 11 is 0. The largest absolute Gasteiger partial charge is 0.492 e. The molecule has 0 spiro atoms. The van der Waals surface area contributed by atoms with Crippen molar-refractivity contribution in [2.75, 3.05) is 13.2 Å². The standard InChI is InChI=1S/C20H25NO3/c1-14(2)24-19-8-6-5-7-18(19)20(22)21-9-10-23-17-12-15(3)11-16(4)13-17/h5-8,11-14H,9-10H2,1-4H3,(H,21,22). The van der Waals surface area contributed by atoms with Crippen molar-refractivity contribution in [1.82, 2.24) is 5.32 Å². The lowest BCUT2D eigenvalue weighted by atomic mass is 10.1. The van der Waals surface area contributed by atoms with Gasteiger partial charge in [0.25, 0.3) is 5.91 Å². The predicted molar refractivity (Wildman–Crippen MR) is 96.0 cm³/mol. The summed E-state index contributed by atoms with van der Waals surface area (Å²) in [6, 6.07) is 13.3. The number of hydrogen-bond acceptors (Lipinski definition) is 3. The maximum absolute atomic E-state index is 12.3. The topological polar surface area (TPSA) is 47.6 Å². The number of benzene rings is 2. The van der Waals surface area contributed by atoms with E-state index in [1.54, 1.807) is 12.1 Å². The first kappa shape index (κ1) is 17.9. The first-order valence-electron chi connectivity index (χ1n) is 8.20. The van der Waals surface area contributed by atoms with E-state index < -0.39 is 0 Å². The third kappa shape index (κ3) is 5.30. The van der Waals surface area contributed by atoms with E-state index in [1.165, 1.54) is 0 Å². The van der Waals surface area contributed by atoms with Crippen molar-refractivity contribution < 1.29 is 14.3 Å². The zero-order chi connectivity index (χ0) is 17.5. The molecule has 2 aromatic rings. The minimum Gasteiger partial charge on any atom is -0.492 e. The molecule has 0 bridgehead atoms. The van der Waals surface area contributed by atoms with Crippen LogP contribution in [0, 0.1) is 13.8 Å². The van der Waals surface area contributed by atoms with Crippen LogP contribution in [0.4, 0.5) is 0 Å². The highest BCUT2D eigenvalue weighted by molar-refractivity contribution is 5.96. The zero-order valence-electron chi connectivity index (χ0n) is 14.8. The van der Waals surface area contributed by atoms with E-state index in [2.05, 4.69) is 11.4 Å². The van der Waals surface area contributed by atoms with Crippen LogP contribution in [0.5, 0.6) is 11.5 Å². The van der Waals surface area contributed by atoms with E-state index >= 15 is 0 Å². The van der Waals surface area contributed by atoms with E-state index in [0.717, 1.165) is 16.9 Å². The number of carbonyl (C=O) groups is 1. The molecule has 1 N–H and O–H groups in total. The minimum atomic E-state index is -0.157. The summed E-state index contributed by atoms with van der Waals surface area (Å²) in [5.74, 6) is 1.26. The first-order valence-corrected chi connectivity index (χ1v) is 8.20. The highest BCUT2D eigenvalue weighted by Crippen LogP contribution is 2.19. The van der Waals surface area contributed by atoms with Gasteiger partial charge in [-0.3, -0.25) is 4.79 Å². The van der Waals surface area contributed by atoms with Crippen LogP contribution in [0.15, 0.2) is 42.5 Å². The van der Waals surface area contributed by atoms with Gasteiger partial charge in [0.2, 0.25) is 0 Å². The van der Waals surface area contributed by atoms with Crippen molar-refractivity contribution in [3.8, 4) is 11.5 Å². The van der Waals surface area contributed by atoms with Gasteiger partial charge in [0.05, 0.1) is 18.2 Å². The highest BCUT2D eigenvalue weighted by Gasteiger charge is 2.12. The van der Waals surface area contributed by atoms with Crippen molar-refractivity contribution >= 4 is 5.91 Å². The molecule has 0 atom stereocenters. The van der Waals surface area contributed by atoms with Crippen LogP contribution in [0.25, 0.3) is 0 Å². The molecule has 0 aliphatic heterocycles. The molecule has 2 rings (SSSR count). The van der Waals surface area contributed by atoms with Crippen molar-refractivity contribution in [3.05, 3.63) is 59.2 Å². The first-order chi connectivity index (χ1) is 11.5. The summed E-state index contributed by atoms with van der Waals surface area (Å²) < 4.78 is 11.4. The van der Waals surface area contributed by atoms with Gasteiger partial charge in [-0.1, -0.05) is 18.2 Å². The van der Waals surface area contributed by atoms with E-state index in [1.807, 2.05) is 52.0 Å². The third-order valence-electron chi connectivity index (χ3n) is 3.35. The van der Waals surface area contributed by atoms with Gasteiger partial charge < -0.3 is 14.8 Å². The van der Waals surface area contributed by atoms with Crippen molar-refractivity contribution in [1.29, 1.82) is 0 Å². The fraction of sp³-hybridized carbons (Fsp3) is 0.350. The van der Waals surface area contributed by atoms with E-state index in [4.69, 9.17) is 9.47 Å². The Labute approximate surface area is 143 Å². The number of nitrogens with one attached hydrogen (secondary N) is 1. The molecule has 4 nitrogen and oxygen atoms in total. The van der Waals surface area contributed by atoms with E-state index in [-0.39, 0.29) is 12.0 Å². The van der Waals surface area contributed by atoms with Crippen LogP contribution in [0.1, 0.15) is 35.3 Å². The minimum absolute atomic E-state index is 0.0202. The Morgan fingerprint density at radius 2 is 1.75 bits per heavy atom. The quantitative estimate of drug-likeness (QED) is 0.785. The summed E-state index contributed by atoms with van der Waals surface area (Å²) in [4.78, 5) is 12.3. The predicted octanol–water partition coefficient (Wildman–Crippen LogP) is 3.90. The van der Waals surface area contributed by atoms with Crippen LogP contribution < -0.4 is 14.8 Å². The number of ether oxygens (including phenoxy) is 2. The van der Waals surface area contributed by atoms with Crippen LogP contribution in [-0.2, 0) is 0 Å². The normalized spacial score (nSPS) is 10.5. The Bertz CT molecular complexity index is 675. The Kier molecular flexibility index (Phi) is 6.24. The van der Waals surface area contributed by atoms with Gasteiger partial charge >= 0.3 is 0 Å². The van der Waals surface area contributed by atoms with E-state index in [9.17, 15) is 4.79 Å². The second-order valence-electron chi connectivity index (χ2n) is 6.09. The Morgan fingerprint density at radius 1 is 1.08 bits per heavy atom. The van der Waals surface area contributed by atoms with E-state index in [0.29, 0.717) is 24.5 Å². The summed E-state index contributed by atoms with van der Waals surface area (Å²) in [6.45, 7) is 8.79. The Morgan fingerprint density at radius 3 is 2.42 bits per heavy atom. The lowest BCUT2D eigenvalue weighted by molar-refractivity contribution is 0.0941. The molecule has 0 aromatic heterocycles. The monoisotopic (exact) mass is 327 g/mol. The molecule has 0 aliphatic rings. The van der Waals surface area contributed by atoms with Gasteiger partial charge in [-0.05, 0) is 63.1 Å². The van der Waals surface area contributed by atoms with Gasteiger partial charge in [0.15, 0.2) is 0 Å². The number of rotatable bonds is 7. The average Bonchev–Trinajstić information content (AvgIpc) is 2.50. The molecule has 0 saturated carbocycles. The number of carbonyl (C=O) groups excluding carboxylic acids is 1. The van der Waals surface area contributed by atoms with Gasteiger partial charge in [-0.15, -0.1) is 0 Å².